The third-order valence-corrected chi connectivity index (χ3v) is 6.58. The molecule has 21 heavy (non-hydrogen) atoms. The first-order chi connectivity index (χ1) is 9.96. The Morgan fingerprint density at radius 2 is 1.90 bits per heavy atom. The zero-order chi connectivity index (χ0) is 15.5. The van der Waals surface area contributed by atoms with E-state index in [0.717, 1.165) is 17.0 Å². The predicted octanol–water partition coefficient (Wildman–Crippen LogP) is 2.99. The number of sulfonamides is 1. The fourth-order valence-electron chi connectivity index (χ4n) is 2.02. The molecule has 0 fully saturated rings. The number of aryl methyl sites for hydroxylation is 1. The van der Waals surface area contributed by atoms with Crippen molar-refractivity contribution in [3.05, 3.63) is 46.8 Å². The van der Waals surface area contributed by atoms with Crippen LogP contribution >= 0.6 is 11.3 Å². The number of nitrogens with zero attached hydrogens (tertiary/aromatic N) is 1. The van der Waals surface area contributed by atoms with Gasteiger partial charge in [-0.3, -0.25) is 4.31 Å². The molecular weight excluding hydrogens is 304 g/mol. The van der Waals surface area contributed by atoms with Gasteiger partial charge in [-0.15, -0.1) is 11.3 Å². The molecule has 4 nitrogen and oxygen atoms in total. The Labute approximate surface area is 130 Å². The summed E-state index contributed by atoms with van der Waals surface area (Å²) in [5.74, 6) is 0. The van der Waals surface area contributed by atoms with Crippen molar-refractivity contribution in [1.82, 2.24) is 5.32 Å². The topological polar surface area (TPSA) is 49.4 Å². The van der Waals surface area contributed by atoms with Crippen molar-refractivity contribution >= 4 is 27.0 Å². The van der Waals surface area contributed by atoms with Crippen molar-refractivity contribution in [2.75, 3.05) is 17.9 Å². The number of anilines is 1. The van der Waals surface area contributed by atoms with Crippen LogP contribution in [0.25, 0.3) is 0 Å². The molecule has 0 saturated carbocycles. The molecule has 0 bridgehead atoms. The van der Waals surface area contributed by atoms with Crippen molar-refractivity contribution in [2.24, 2.45) is 0 Å². The Morgan fingerprint density at radius 3 is 2.57 bits per heavy atom. The van der Waals surface area contributed by atoms with Gasteiger partial charge in [-0.2, -0.15) is 0 Å². The van der Waals surface area contributed by atoms with Crippen molar-refractivity contribution in [1.29, 1.82) is 0 Å². The van der Waals surface area contributed by atoms with Crippen LogP contribution < -0.4 is 9.62 Å². The van der Waals surface area contributed by atoms with E-state index in [1.807, 2.05) is 44.2 Å². The van der Waals surface area contributed by atoms with Crippen LogP contribution in [-0.2, 0) is 16.6 Å². The molecule has 1 aromatic carbocycles. The standard InChI is InChI=1S/C15H20N2O2S2/c1-4-16-11-13-9-10-15(20-13)21(18,19)17(3)14-8-6-5-7-12(14)2/h5-10,16H,4,11H2,1-3H3. The van der Waals surface area contributed by atoms with Crippen LogP contribution in [0.2, 0.25) is 0 Å². The molecule has 1 heterocycles. The Balaban J connectivity index is 2.29. The van der Waals surface area contributed by atoms with E-state index < -0.39 is 10.0 Å². The molecule has 0 saturated heterocycles. The molecule has 2 aromatic rings. The van der Waals surface area contributed by atoms with Gasteiger partial charge >= 0.3 is 0 Å². The monoisotopic (exact) mass is 324 g/mol. The lowest BCUT2D eigenvalue weighted by atomic mass is 10.2. The van der Waals surface area contributed by atoms with Gasteiger partial charge in [-0.1, -0.05) is 25.1 Å². The second-order valence-electron chi connectivity index (χ2n) is 4.76. The highest BCUT2D eigenvalue weighted by Crippen LogP contribution is 2.29. The minimum atomic E-state index is -3.49. The summed E-state index contributed by atoms with van der Waals surface area (Å²) in [5, 5.41) is 3.20. The molecule has 1 N–H and O–H groups in total. The third-order valence-electron chi connectivity index (χ3n) is 3.26. The summed E-state index contributed by atoms with van der Waals surface area (Å²) in [4.78, 5) is 1.02. The summed E-state index contributed by atoms with van der Waals surface area (Å²) in [6.45, 7) is 5.50. The van der Waals surface area contributed by atoms with E-state index in [-0.39, 0.29) is 0 Å². The highest BCUT2D eigenvalue weighted by molar-refractivity contribution is 7.94. The third kappa shape index (κ3) is 3.45. The van der Waals surface area contributed by atoms with Crippen LogP contribution in [0.15, 0.2) is 40.6 Å². The fourth-order valence-corrected chi connectivity index (χ4v) is 4.78. The van der Waals surface area contributed by atoms with E-state index in [1.54, 1.807) is 13.1 Å². The van der Waals surface area contributed by atoms with Gasteiger partial charge in [-0.25, -0.2) is 8.42 Å². The summed E-state index contributed by atoms with van der Waals surface area (Å²) >= 11 is 1.32. The van der Waals surface area contributed by atoms with Crippen molar-refractivity contribution < 1.29 is 8.42 Å². The van der Waals surface area contributed by atoms with E-state index in [4.69, 9.17) is 0 Å². The largest absolute Gasteiger partial charge is 0.312 e. The van der Waals surface area contributed by atoms with Crippen molar-refractivity contribution in [3.63, 3.8) is 0 Å². The molecule has 0 spiro atoms. The maximum atomic E-state index is 12.7. The molecule has 0 radical (unpaired) electrons. The quantitative estimate of drug-likeness (QED) is 0.888. The first-order valence-corrected chi connectivity index (χ1v) is 9.06. The van der Waals surface area contributed by atoms with Gasteiger partial charge in [0.25, 0.3) is 10.0 Å². The number of para-hydroxylation sites is 1. The fraction of sp³-hybridized carbons (Fsp3) is 0.333. The molecule has 1 aromatic heterocycles. The molecular formula is C15H20N2O2S2. The van der Waals surface area contributed by atoms with Crippen LogP contribution in [-0.4, -0.2) is 22.0 Å². The van der Waals surface area contributed by atoms with Gasteiger partial charge in [0.2, 0.25) is 0 Å². The minimum Gasteiger partial charge on any atom is -0.312 e. The Kier molecular flexibility index (Phi) is 5.03. The molecule has 0 unspecified atom stereocenters. The summed E-state index contributed by atoms with van der Waals surface area (Å²) < 4.78 is 27.1. The van der Waals surface area contributed by atoms with E-state index in [2.05, 4.69) is 5.32 Å². The molecule has 6 heteroatoms. The molecule has 0 aliphatic heterocycles. The number of benzene rings is 1. The van der Waals surface area contributed by atoms with Gasteiger partial charge in [0.05, 0.1) is 5.69 Å². The van der Waals surface area contributed by atoms with Crippen LogP contribution in [0.5, 0.6) is 0 Å². The molecule has 0 aliphatic rings. The van der Waals surface area contributed by atoms with E-state index in [1.165, 1.54) is 15.6 Å². The van der Waals surface area contributed by atoms with Crippen LogP contribution in [0.1, 0.15) is 17.4 Å². The van der Waals surface area contributed by atoms with Crippen LogP contribution in [0.3, 0.4) is 0 Å². The second-order valence-corrected chi connectivity index (χ2v) is 8.12. The number of nitrogens with one attached hydrogen (secondary N) is 1. The summed E-state index contributed by atoms with van der Waals surface area (Å²) in [7, 11) is -1.90. The molecule has 2 rings (SSSR count). The van der Waals surface area contributed by atoms with Gasteiger partial charge in [0.1, 0.15) is 4.21 Å². The highest BCUT2D eigenvalue weighted by Gasteiger charge is 2.24. The van der Waals surface area contributed by atoms with Gasteiger partial charge < -0.3 is 5.32 Å². The molecule has 0 amide bonds. The zero-order valence-electron chi connectivity index (χ0n) is 12.5. The molecule has 0 atom stereocenters. The van der Waals surface area contributed by atoms with Gasteiger partial charge in [-0.05, 0) is 37.2 Å². The summed E-state index contributed by atoms with van der Waals surface area (Å²) in [6.07, 6.45) is 0. The zero-order valence-corrected chi connectivity index (χ0v) is 14.1. The predicted molar refractivity (Wildman–Crippen MR) is 88.5 cm³/mol. The van der Waals surface area contributed by atoms with Crippen LogP contribution in [0.4, 0.5) is 5.69 Å². The number of thiophene rings is 1. The first kappa shape index (κ1) is 16.0. The number of hydrogen-bond acceptors (Lipinski definition) is 4. The maximum Gasteiger partial charge on any atom is 0.273 e. The lowest BCUT2D eigenvalue weighted by Gasteiger charge is -2.20. The summed E-state index contributed by atoms with van der Waals surface area (Å²) in [6, 6.07) is 11.0. The molecule has 114 valence electrons. The first-order valence-electron chi connectivity index (χ1n) is 6.80. The van der Waals surface area contributed by atoms with E-state index in [0.29, 0.717) is 16.4 Å². The van der Waals surface area contributed by atoms with Gasteiger partial charge in [0, 0.05) is 18.5 Å². The highest BCUT2D eigenvalue weighted by atomic mass is 32.2. The summed E-state index contributed by atoms with van der Waals surface area (Å²) in [5.41, 5.74) is 1.65. The lowest BCUT2D eigenvalue weighted by molar-refractivity contribution is 0.596. The average molecular weight is 324 g/mol. The lowest BCUT2D eigenvalue weighted by Crippen LogP contribution is -2.26. The van der Waals surface area contributed by atoms with E-state index >= 15 is 0 Å². The molecule has 0 aliphatic carbocycles. The Bertz CT molecular complexity index is 708. The van der Waals surface area contributed by atoms with Crippen molar-refractivity contribution in [2.45, 2.75) is 24.6 Å². The number of hydrogen-bond donors (Lipinski definition) is 1. The Morgan fingerprint density at radius 1 is 1.19 bits per heavy atom. The normalized spacial score (nSPS) is 11.6. The Hall–Kier alpha value is -1.37. The maximum absolute atomic E-state index is 12.7. The number of rotatable bonds is 6. The van der Waals surface area contributed by atoms with E-state index in [9.17, 15) is 8.42 Å². The average Bonchev–Trinajstić information content (AvgIpc) is 2.94. The van der Waals surface area contributed by atoms with Crippen LogP contribution in [0, 0.1) is 6.92 Å². The SMILES string of the molecule is CCNCc1ccc(S(=O)(=O)N(C)c2ccccc2C)s1. The smallest absolute Gasteiger partial charge is 0.273 e. The van der Waals surface area contributed by atoms with Crippen molar-refractivity contribution in [3.8, 4) is 0 Å². The van der Waals surface area contributed by atoms with Gasteiger partial charge in [0.15, 0.2) is 0 Å². The second kappa shape index (κ2) is 6.60. The minimum absolute atomic E-state index is 0.376.